The molecule has 0 radical (unpaired) electrons. The van der Waals surface area contributed by atoms with Crippen molar-refractivity contribution in [3.63, 3.8) is 0 Å². The molecule has 2 N–H and O–H groups in total. The number of hydrogen-bond acceptors (Lipinski definition) is 3. The van der Waals surface area contributed by atoms with E-state index in [1.807, 2.05) is 0 Å². The van der Waals surface area contributed by atoms with E-state index >= 15 is 0 Å². The number of carbonyl (C=O) groups is 1. The number of rotatable bonds is 4. The highest BCUT2D eigenvalue weighted by molar-refractivity contribution is 7.92. The number of nitrogens with one attached hydrogen (secondary N) is 1. The Morgan fingerprint density at radius 3 is 2.24 bits per heavy atom. The van der Waals surface area contributed by atoms with Gasteiger partial charge in [-0.15, -0.1) is 0 Å². The summed E-state index contributed by atoms with van der Waals surface area (Å²) in [5.74, 6) is -1.24. The summed E-state index contributed by atoms with van der Waals surface area (Å²) in [6, 6.07) is 9.46. The molecule has 0 heterocycles. The van der Waals surface area contributed by atoms with Gasteiger partial charge >= 0.3 is 5.97 Å². The zero-order chi connectivity index (χ0) is 15.6. The highest BCUT2D eigenvalue weighted by Crippen LogP contribution is 2.25. The zero-order valence-electron chi connectivity index (χ0n) is 10.4. The van der Waals surface area contributed by atoms with E-state index in [0.29, 0.717) is 5.02 Å². The summed E-state index contributed by atoms with van der Waals surface area (Å²) in [4.78, 5) is 10.6. The summed E-state index contributed by atoms with van der Waals surface area (Å²) in [6.07, 6.45) is 0. The third-order valence-electron chi connectivity index (χ3n) is 2.56. The monoisotopic (exact) mass is 345 g/mol. The van der Waals surface area contributed by atoms with Gasteiger partial charge in [-0.3, -0.25) is 4.72 Å². The fraction of sp³-hybridized carbons (Fsp3) is 0. The Bertz CT molecular complexity index is 788. The van der Waals surface area contributed by atoms with Crippen molar-refractivity contribution in [2.24, 2.45) is 0 Å². The van der Waals surface area contributed by atoms with Crippen LogP contribution in [0, 0.1) is 0 Å². The normalized spacial score (nSPS) is 11.1. The first-order valence-electron chi connectivity index (χ1n) is 5.61. The second-order valence-corrected chi connectivity index (χ2v) is 6.56. The van der Waals surface area contributed by atoms with Crippen molar-refractivity contribution in [1.29, 1.82) is 0 Å². The molecule has 0 spiro atoms. The number of anilines is 1. The summed E-state index contributed by atoms with van der Waals surface area (Å²) >= 11 is 11.6. The van der Waals surface area contributed by atoms with Gasteiger partial charge in [-0.05, 0) is 42.5 Å². The van der Waals surface area contributed by atoms with Gasteiger partial charge in [-0.25, -0.2) is 13.2 Å². The van der Waals surface area contributed by atoms with Crippen LogP contribution in [0.5, 0.6) is 0 Å². The van der Waals surface area contributed by atoms with Crippen LogP contribution in [0.4, 0.5) is 5.69 Å². The van der Waals surface area contributed by atoms with E-state index < -0.39 is 16.0 Å². The first kappa shape index (κ1) is 15.6. The van der Waals surface area contributed by atoms with Crippen LogP contribution in [-0.2, 0) is 10.0 Å². The molecule has 0 saturated heterocycles. The lowest BCUT2D eigenvalue weighted by atomic mass is 10.2. The molecule has 0 aliphatic carbocycles. The maximum absolute atomic E-state index is 12.3. The van der Waals surface area contributed by atoms with E-state index in [-0.39, 0.29) is 21.2 Å². The molecule has 0 saturated carbocycles. The second kappa shape index (κ2) is 5.93. The number of benzene rings is 2. The molecule has 0 bridgehead atoms. The van der Waals surface area contributed by atoms with E-state index in [9.17, 15) is 13.2 Å². The van der Waals surface area contributed by atoms with Crippen molar-refractivity contribution < 1.29 is 18.3 Å². The molecule has 2 rings (SSSR count). The van der Waals surface area contributed by atoms with Gasteiger partial charge in [-0.1, -0.05) is 23.2 Å². The van der Waals surface area contributed by atoms with E-state index in [2.05, 4.69) is 4.72 Å². The topological polar surface area (TPSA) is 83.5 Å². The summed E-state index contributed by atoms with van der Waals surface area (Å²) in [6.45, 7) is 0. The number of hydrogen-bond donors (Lipinski definition) is 2. The van der Waals surface area contributed by atoms with Gasteiger partial charge in [-0.2, -0.15) is 0 Å². The molecule has 2 aromatic rings. The van der Waals surface area contributed by atoms with E-state index in [1.54, 1.807) is 0 Å². The van der Waals surface area contributed by atoms with Crippen molar-refractivity contribution >= 4 is 44.9 Å². The SMILES string of the molecule is O=C(O)c1ccc(Cl)c(S(=O)(=O)Nc2ccc(Cl)cc2)c1. The van der Waals surface area contributed by atoms with Gasteiger partial charge in [0.15, 0.2) is 0 Å². The van der Waals surface area contributed by atoms with Gasteiger partial charge in [0.2, 0.25) is 0 Å². The number of carboxylic acid groups (broad SMARTS) is 1. The third-order valence-corrected chi connectivity index (χ3v) is 4.68. The zero-order valence-corrected chi connectivity index (χ0v) is 12.7. The predicted octanol–water partition coefficient (Wildman–Crippen LogP) is 3.49. The Kier molecular flexibility index (Phi) is 4.41. The van der Waals surface area contributed by atoms with E-state index in [0.717, 1.165) is 6.07 Å². The first-order valence-corrected chi connectivity index (χ1v) is 7.85. The van der Waals surface area contributed by atoms with Crippen molar-refractivity contribution in [3.8, 4) is 0 Å². The lowest BCUT2D eigenvalue weighted by Gasteiger charge is -2.10. The van der Waals surface area contributed by atoms with Crippen LogP contribution in [-0.4, -0.2) is 19.5 Å². The minimum Gasteiger partial charge on any atom is -0.478 e. The molecule has 0 aliphatic heterocycles. The standard InChI is InChI=1S/C13H9Cl2NO4S/c14-9-2-4-10(5-3-9)16-21(19,20)12-7-8(13(17)18)1-6-11(12)15/h1-7,16H,(H,17,18). The second-order valence-electron chi connectivity index (χ2n) is 4.06. The molecule has 0 atom stereocenters. The van der Waals surface area contributed by atoms with Crippen LogP contribution in [0.1, 0.15) is 10.4 Å². The minimum atomic E-state index is -4.00. The van der Waals surface area contributed by atoms with E-state index in [4.69, 9.17) is 28.3 Å². The predicted molar refractivity (Wildman–Crippen MR) is 80.7 cm³/mol. The number of halogens is 2. The van der Waals surface area contributed by atoms with Crippen molar-refractivity contribution in [3.05, 3.63) is 58.1 Å². The van der Waals surface area contributed by atoms with Crippen LogP contribution >= 0.6 is 23.2 Å². The molecule has 0 aromatic heterocycles. The summed E-state index contributed by atoms with van der Waals surface area (Å²) in [5.41, 5.74) is 0.118. The third kappa shape index (κ3) is 3.66. The molecule has 2 aromatic carbocycles. The highest BCUT2D eigenvalue weighted by atomic mass is 35.5. The summed E-state index contributed by atoms with van der Waals surface area (Å²) in [5, 5.41) is 9.31. The maximum atomic E-state index is 12.3. The molecule has 0 fully saturated rings. The van der Waals surface area contributed by atoms with Gasteiger partial charge in [0.25, 0.3) is 10.0 Å². The van der Waals surface area contributed by atoms with Gasteiger partial charge in [0.1, 0.15) is 4.90 Å². The van der Waals surface area contributed by atoms with Crippen molar-refractivity contribution in [2.75, 3.05) is 4.72 Å². The Hall–Kier alpha value is -1.76. The summed E-state index contributed by atoms with van der Waals surface area (Å²) < 4.78 is 26.8. The van der Waals surface area contributed by atoms with Crippen LogP contribution < -0.4 is 4.72 Å². The fourth-order valence-corrected chi connectivity index (χ4v) is 3.28. The first-order chi connectivity index (χ1) is 9.79. The van der Waals surface area contributed by atoms with Crippen LogP contribution in [0.15, 0.2) is 47.4 Å². The van der Waals surface area contributed by atoms with Gasteiger partial charge in [0, 0.05) is 10.7 Å². The average Bonchev–Trinajstić information content (AvgIpc) is 2.41. The lowest BCUT2D eigenvalue weighted by Crippen LogP contribution is -2.14. The molecule has 5 nitrogen and oxygen atoms in total. The molecule has 110 valence electrons. The number of carboxylic acids is 1. The molecule has 8 heteroatoms. The molecular formula is C13H9Cl2NO4S. The lowest BCUT2D eigenvalue weighted by molar-refractivity contribution is 0.0696. The van der Waals surface area contributed by atoms with Crippen molar-refractivity contribution in [1.82, 2.24) is 0 Å². The number of aromatic carboxylic acids is 1. The molecule has 0 amide bonds. The fourth-order valence-electron chi connectivity index (χ4n) is 1.57. The number of sulfonamides is 1. The maximum Gasteiger partial charge on any atom is 0.335 e. The minimum absolute atomic E-state index is 0.0681. The van der Waals surface area contributed by atoms with Crippen LogP contribution in [0.25, 0.3) is 0 Å². The highest BCUT2D eigenvalue weighted by Gasteiger charge is 2.20. The Labute approximate surface area is 131 Å². The average molecular weight is 346 g/mol. The largest absolute Gasteiger partial charge is 0.478 e. The van der Waals surface area contributed by atoms with Crippen LogP contribution in [0.3, 0.4) is 0 Å². The Morgan fingerprint density at radius 2 is 1.67 bits per heavy atom. The molecule has 21 heavy (non-hydrogen) atoms. The molecule has 0 unspecified atom stereocenters. The smallest absolute Gasteiger partial charge is 0.335 e. The Morgan fingerprint density at radius 1 is 1.05 bits per heavy atom. The summed E-state index contributed by atoms with van der Waals surface area (Å²) in [7, 11) is -4.00. The quantitative estimate of drug-likeness (QED) is 0.888. The van der Waals surface area contributed by atoms with Gasteiger partial charge in [0.05, 0.1) is 10.6 Å². The molecule has 0 aliphatic rings. The van der Waals surface area contributed by atoms with Gasteiger partial charge < -0.3 is 5.11 Å². The van der Waals surface area contributed by atoms with Crippen LogP contribution in [0.2, 0.25) is 10.0 Å². The Balaban J connectivity index is 2.41. The van der Waals surface area contributed by atoms with Crippen molar-refractivity contribution in [2.45, 2.75) is 4.90 Å². The molecular weight excluding hydrogens is 337 g/mol. The van der Waals surface area contributed by atoms with E-state index in [1.165, 1.54) is 36.4 Å².